The van der Waals surface area contributed by atoms with E-state index in [2.05, 4.69) is 17.6 Å². The van der Waals surface area contributed by atoms with Gasteiger partial charge < -0.3 is 15.0 Å². The van der Waals surface area contributed by atoms with E-state index in [-0.39, 0.29) is 16.9 Å². The van der Waals surface area contributed by atoms with E-state index in [0.29, 0.717) is 30.0 Å². The van der Waals surface area contributed by atoms with Gasteiger partial charge in [-0.25, -0.2) is 0 Å². The van der Waals surface area contributed by atoms with E-state index in [0.717, 1.165) is 17.9 Å². The molecule has 37 heavy (non-hydrogen) atoms. The predicted molar refractivity (Wildman–Crippen MR) is 155 cm³/mol. The number of carbonyl (C=O) groups excluding carboxylic acids is 2. The molecule has 0 unspecified atom stereocenters. The number of anilines is 2. The molecule has 2 amide bonds. The minimum atomic E-state index is -0.308. The molecule has 3 aromatic carbocycles. The largest absolute Gasteiger partial charge is 0.494 e. The summed E-state index contributed by atoms with van der Waals surface area (Å²) in [5.41, 5.74) is 2.57. The van der Waals surface area contributed by atoms with E-state index in [1.165, 1.54) is 25.7 Å². The lowest BCUT2D eigenvalue weighted by Crippen LogP contribution is -2.34. The Balaban J connectivity index is 1.48. The highest BCUT2D eigenvalue weighted by Crippen LogP contribution is 2.18. The summed E-state index contributed by atoms with van der Waals surface area (Å²) in [6.45, 7) is 5.38. The Labute approximate surface area is 225 Å². The summed E-state index contributed by atoms with van der Waals surface area (Å²) in [5, 5.41) is 5.86. The Morgan fingerprint density at radius 2 is 1.46 bits per heavy atom. The van der Waals surface area contributed by atoms with Gasteiger partial charge in [-0.3, -0.25) is 14.9 Å². The maximum absolute atomic E-state index is 13.0. The van der Waals surface area contributed by atoms with Gasteiger partial charge in [-0.1, -0.05) is 50.8 Å². The SMILES string of the molecule is CCCCCCCOc1ccc(C(=O)NC(=S)Nc2ccc(C(=O)N(CC)c3ccccc3)cc2)cc1. The van der Waals surface area contributed by atoms with Crippen LogP contribution in [0.25, 0.3) is 0 Å². The molecule has 6 nitrogen and oxygen atoms in total. The number of hydrogen-bond acceptors (Lipinski definition) is 4. The van der Waals surface area contributed by atoms with E-state index in [4.69, 9.17) is 17.0 Å². The lowest BCUT2D eigenvalue weighted by molar-refractivity contribution is 0.0973. The molecule has 0 saturated heterocycles. The first-order valence-electron chi connectivity index (χ1n) is 12.8. The number of thiocarbonyl (C=S) groups is 1. The highest BCUT2D eigenvalue weighted by Gasteiger charge is 2.16. The summed E-state index contributed by atoms with van der Waals surface area (Å²) in [6.07, 6.45) is 5.92. The molecular formula is C30H35N3O3S. The van der Waals surface area contributed by atoms with Gasteiger partial charge >= 0.3 is 0 Å². The zero-order valence-corrected chi connectivity index (χ0v) is 22.4. The molecule has 194 valence electrons. The molecule has 0 atom stereocenters. The van der Waals surface area contributed by atoms with Crippen LogP contribution in [-0.2, 0) is 0 Å². The molecule has 0 fully saturated rings. The molecule has 2 N–H and O–H groups in total. The first kappa shape index (κ1) is 27.9. The van der Waals surface area contributed by atoms with Gasteiger partial charge in [-0.05, 0) is 86.2 Å². The number of rotatable bonds is 12. The molecule has 0 bridgehead atoms. The number of nitrogens with one attached hydrogen (secondary N) is 2. The first-order valence-corrected chi connectivity index (χ1v) is 13.2. The van der Waals surface area contributed by atoms with E-state index in [1.54, 1.807) is 53.4 Å². The summed E-state index contributed by atoms with van der Waals surface area (Å²) in [6, 6.07) is 23.6. The van der Waals surface area contributed by atoms with Crippen LogP contribution in [0.1, 0.15) is 66.7 Å². The van der Waals surface area contributed by atoms with E-state index < -0.39 is 0 Å². The minimum Gasteiger partial charge on any atom is -0.494 e. The number of ether oxygens (including phenoxy) is 1. The fourth-order valence-corrected chi connectivity index (χ4v) is 4.05. The second-order valence-corrected chi connectivity index (χ2v) is 9.07. The molecular weight excluding hydrogens is 482 g/mol. The molecule has 0 saturated carbocycles. The Kier molecular flexibility index (Phi) is 11.1. The van der Waals surface area contributed by atoms with Crippen LogP contribution < -0.4 is 20.3 Å². The molecule has 3 rings (SSSR count). The van der Waals surface area contributed by atoms with Crippen molar-refractivity contribution < 1.29 is 14.3 Å². The van der Waals surface area contributed by atoms with Gasteiger partial charge in [0, 0.05) is 29.0 Å². The lowest BCUT2D eigenvalue weighted by Gasteiger charge is -2.21. The van der Waals surface area contributed by atoms with Crippen LogP contribution in [0.4, 0.5) is 11.4 Å². The third kappa shape index (κ3) is 8.72. The van der Waals surface area contributed by atoms with Crippen molar-refractivity contribution in [3.05, 3.63) is 90.0 Å². The smallest absolute Gasteiger partial charge is 0.258 e. The van der Waals surface area contributed by atoms with E-state index >= 15 is 0 Å². The number of amides is 2. The summed E-state index contributed by atoms with van der Waals surface area (Å²) < 4.78 is 5.76. The van der Waals surface area contributed by atoms with Crippen LogP contribution in [0.5, 0.6) is 5.75 Å². The second-order valence-electron chi connectivity index (χ2n) is 8.66. The monoisotopic (exact) mass is 517 g/mol. The number of carbonyl (C=O) groups is 2. The third-order valence-electron chi connectivity index (χ3n) is 5.88. The quantitative estimate of drug-likeness (QED) is 0.204. The van der Waals surface area contributed by atoms with Crippen molar-refractivity contribution >= 4 is 40.5 Å². The van der Waals surface area contributed by atoms with Gasteiger partial charge in [0.25, 0.3) is 11.8 Å². The van der Waals surface area contributed by atoms with Gasteiger partial charge in [0.15, 0.2) is 5.11 Å². The Morgan fingerprint density at radius 1 is 0.811 bits per heavy atom. The Morgan fingerprint density at radius 3 is 2.11 bits per heavy atom. The van der Waals surface area contributed by atoms with Crippen molar-refractivity contribution in [2.24, 2.45) is 0 Å². The van der Waals surface area contributed by atoms with Crippen LogP contribution in [0.3, 0.4) is 0 Å². The Bertz CT molecular complexity index is 1150. The molecule has 0 heterocycles. The van der Waals surface area contributed by atoms with Gasteiger partial charge in [-0.15, -0.1) is 0 Å². The van der Waals surface area contributed by atoms with Crippen LogP contribution >= 0.6 is 12.2 Å². The van der Waals surface area contributed by atoms with Gasteiger partial charge in [0.2, 0.25) is 0 Å². The summed E-state index contributed by atoms with van der Waals surface area (Å²) in [7, 11) is 0. The predicted octanol–water partition coefficient (Wildman–Crippen LogP) is 6.83. The topological polar surface area (TPSA) is 70.7 Å². The van der Waals surface area contributed by atoms with Crippen LogP contribution in [-0.4, -0.2) is 30.1 Å². The van der Waals surface area contributed by atoms with Gasteiger partial charge in [0.05, 0.1) is 6.61 Å². The van der Waals surface area contributed by atoms with Crippen molar-refractivity contribution in [2.45, 2.75) is 46.0 Å². The highest BCUT2D eigenvalue weighted by atomic mass is 32.1. The number of nitrogens with zero attached hydrogens (tertiary/aromatic N) is 1. The molecule has 7 heteroatoms. The average molecular weight is 518 g/mol. The fourth-order valence-electron chi connectivity index (χ4n) is 3.84. The fraction of sp³-hybridized carbons (Fsp3) is 0.300. The first-order chi connectivity index (χ1) is 18.0. The number of para-hydroxylation sites is 1. The van der Waals surface area contributed by atoms with Crippen LogP contribution in [0.15, 0.2) is 78.9 Å². The highest BCUT2D eigenvalue weighted by molar-refractivity contribution is 7.80. The second kappa shape index (κ2) is 14.8. The molecule has 0 aliphatic rings. The number of benzene rings is 3. The van der Waals surface area contributed by atoms with Crippen molar-refractivity contribution in [3.8, 4) is 5.75 Å². The summed E-state index contributed by atoms with van der Waals surface area (Å²) in [4.78, 5) is 27.3. The lowest BCUT2D eigenvalue weighted by atomic mass is 10.1. The molecule has 3 aromatic rings. The zero-order chi connectivity index (χ0) is 26.5. The Hall–Kier alpha value is -3.71. The third-order valence-corrected chi connectivity index (χ3v) is 6.08. The van der Waals surface area contributed by atoms with Crippen molar-refractivity contribution in [3.63, 3.8) is 0 Å². The molecule has 0 radical (unpaired) electrons. The molecule has 0 aliphatic carbocycles. The van der Waals surface area contributed by atoms with Crippen LogP contribution in [0, 0.1) is 0 Å². The van der Waals surface area contributed by atoms with Gasteiger partial charge in [-0.2, -0.15) is 0 Å². The van der Waals surface area contributed by atoms with Crippen molar-refractivity contribution in [2.75, 3.05) is 23.4 Å². The molecule has 0 aliphatic heterocycles. The number of hydrogen-bond donors (Lipinski definition) is 2. The normalized spacial score (nSPS) is 10.4. The van der Waals surface area contributed by atoms with E-state index in [9.17, 15) is 9.59 Å². The summed E-state index contributed by atoms with van der Waals surface area (Å²) >= 11 is 5.30. The standard InChI is InChI=1S/C30H35N3O3S/c1-3-5-6-7-11-22-36-27-20-16-23(17-21-27)28(34)32-30(37)31-25-18-14-24(15-19-25)29(35)33(4-2)26-12-9-8-10-13-26/h8-10,12-21H,3-7,11,22H2,1-2H3,(H2,31,32,34,37). The average Bonchev–Trinajstić information content (AvgIpc) is 2.92. The van der Waals surface area contributed by atoms with Crippen molar-refractivity contribution in [1.29, 1.82) is 0 Å². The maximum Gasteiger partial charge on any atom is 0.258 e. The zero-order valence-electron chi connectivity index (χ0n) is 21.5. The van der Waals surface area contributed by atoms with E-state index in [1.807, 2.05) is 37.3 Å². The minimum absolute atomic E-state index is 0.0833. The van der Waals surface area contributed by atoms with Crippen LogP contribution in [0.2, 0.25) is 0 Å². The molecule has 0 aromatic heterocycles. The number of unbranched alkanes of at least 4 members (excludes halogenated alkanes) is 4. The van der Waals surface area contributed by atoms with Gasteiger partial charge in [0.1, 0.15) is 5.75 Å². The molecule has 0 spiro atoms. The van der Waals surface area contributed by atoms with Crippen molar-refractivity contribution in [1.82, 2.24) is 5.32 Å². The maximum atomic E-state index is 13.0. The summed E-state index contributed by atoms with van der Waals surface area (Å²) in [5.74, 6) is 0.355.